The zero-order valence-corrected chi connectivity index (χ0v) is 11.3. The predicted molar refractivity (Wildman–Crippen MR) is 66.3 cm³/mol. The van der Waals surface area contributed by atoms with Crippen LogP contribution in [-0.2, 0) is 4.74 Å². The van der Waals surface area contributed by atoms with Gasteiger partial charge in [-0.05, 0) is 37.3 Å². The number of hydrogen-bond donors (Lipinski definition) is 0. The standard InChI is InChI=1S/C13H15BrF2O/c1-8-5-10(12(16)6-11(8)15)13(14)9-3-2-4-17-7-9/h5-6,9,13H,2-4,7H2,1H3. The van der Waals surface area contributed by atoms with E-state index in [0.717, 1.165) is 25.5 Å². The molecule has 94 valence electrons. The summed E-state index contributed by atoms with van der Waals surface area (Å²) in [6, 6.07) is 2.54. The molecule has 0 radical (unpaired) electrons. The van der Waals surface area contributed by atoms with Crippen LogP contribution in [0.3, 0.4) is 0 Å². The van der Waals surface area contributed by atoms with E-state index in [2.05, 4.69) is 15.9 Å². The summed E-state index contributed by atoms with van der Waals surface area (Å²) in [5.74, 6) is -0.727. The van der Waals surface area contributed by atoms with Crippen molar-refractivity contribution in [3.63, 3.8) is 0 Å². The second kappa shape index (κ2) is 5.44. The molecule has 0 N–H and O–H groups in total. The van der Waals surface area contributed by atoms with E-state index in [1.807, 2.05) is 0 Å². The van der Waals surface area contributed by atoms with Crippen LogP contribution in [-0.4, -0.2) is 13.2 Å². The molecule has 1 nitrogen and oxygen atoms in total. The number of rotatable bonds is 2. The van der Waals surface area contributed by atoms with Gasteiger partial charge in [-0.15, -0.1) is 0 Å². The summed E-state index contributed by atoms with van der Waals surface area (Å²) < 4.78 is 32.3. The number of benzene rings is 1. The fourth-order valence-corrected chi connectivity index (χ4v) is 2.91. The van der Waals surface area contributed by atoms with E-state index in [0.29, 0.717) is 17.7 Å². The van der Waals surface area contributed by atoms with Gasteiger partial charge in [0.1, 0.15) is 11.6 Å². The second-order valence-electron chi connectivity index (χ2n) is 4.50. The quantitative estimate of drug-likeness (QED) is 0.746. The van der Waals surface area contributed by atoms with Crippen molar-refractivity contribution in [2.75, 3.05) is 13.2 Å². The van der Waals surface area contributed by atoms with Crippen molar-refractivity contribution in [2.24, 2.45) is 5.92 Å². The lowest BCUT2D eigenvalue weighted by atomic mass is 9.93. The molecule has 2 rings (SSSR count). The van der Waals surface area contributed by atoms with Gasteiger partial charge < -0.3 is 4.74 Å². The van der Waals surface area contributed by atoms with E-state index in [1.54, 1.807) is 13.0 Å². The zero-order chi connectivity index (χ0) is 12.4. The van der Waals surface area contributed by atoms with E-state index in [9.17, 15) is 8.78 Å². The third-order valence-corrected chi connectivity index (χ3v) is 4.43. The van der Waals surface area contributed by atoms with Crippen LogP contribution in [0.15, 0.2) is 12.1 Å². The Labute approximate surface area is 108 Å². The molecular weight excluding hydrogens is 290 g/mol. The van der Waals surface area contributed by atoms with Gasteiger partial charge in [-0.3, -0.25) is 0 Å². The van der Waals surface area contributed by atoms with Gasteiger partial charge in [0.25, 0.3) is 0 Å². The highest BCUT2D eigenvalue weighted by Crippen LogP contribution is 2.37. The normalized spacial score (nSPS) is 22.5. The summed E-state index contributed by atoms with van der Waals surface area (Å²) in [5, 5.41) is 0. The average molecular weight is 305 g/mol. The molecule has 0 bridgehead atoms. The van der Waals surface area contributed by atoms with Crippen molar-refractivity contribution >= 4 is 15.9 Å². The number of alkyl halides is 1. The summed E-state index contributed by atoms with van der Waals surface area (Å²) in [6.07, 6.45) is 2.00. The lowest BCUT2D eigenvalue weighted by Crippen LogP contribution is -2.21. The first kappa shape index (κ1) is 13.0. The highest BCUT2D eigenvalue weighted by molar-refractivity contribution is 9.09. The third kappa shape index (κ3) is 2.86. The topological polar surface area (TPSA) is 9.23 Å². The maximum Gasteiger partial charge on any atom is 0.130 e. The van der Waals surface area contributed by atoms with Crippen molar-refractivity contribution in [1.82, 2.24) is 0 Å². The molecule has 0 aliphatic carbocycles. The van der Waals surface area contributed by atoms with Gasteiger partial charge in [0.05, 0.1) is 6.61 Å². The number of aryl methyl sites for hydroxylation is 1. The molecule has 1 aliphatic heterocycles. The first-order chi connectivity index (χ1) is 8.09. The summed E-state index contributed by atoms with van der Waals surface area (Å²) in [6.45, 7) is 3.06. The molecule has 1 saturated heterocycles. The number of halogens is 3. The fraction of sp³-hybridized carbons (Fsp3) is 0.538. The van der Waals surface area contributed by atoms with Gasteiger partial charge in [0, 0.05) is 23.1 Å². The Morgan fingerprint density at radius 1 is 1.35 bits per heavy atom. The van der Waals surface area contributed by atoms with Crippen molar-refractivity contribution in [2.45, 2.75) is 24.6 Å². The molecule has 2 unspecified atom stereocenters. The van der Waals surface area contributed by atoms with Gasteiger partial charge in [-0.25, -0.2) is 8.78 Å². The van der Waals surface area contributed by atoms with Gasteiger partial charge in [-0.2, -0.15) is 0 Å². The second-order valence-corrected chi connectivity index (χ2v) is 5.49. The Morgan fingerprint density at radius 3 is 2.76 bits per heavy atom. The highest BCUT2D eigenvalue weighted by Gasteiger charge is 2.26. The van der Waals surface area contributed by atoms with Crippen LogP contribution in [0.1, 0.15) is 28.8 Å². The summed E-state index contributed by atoms with van der Waals surface area (Å²) in [4.78, 5) is -0.109. The Morgan fingerprint density at radius 2 is 2.12 bits per heavy atom. The van der Waals surface area contributed by atoms with Gasteiger partial charge >= 0.3 is 0 Å². The number of hydrogen-bond acceptors (Lipinski definition) is 1. The molecule has 1 heterocycles. The summed E-state index contributed by atoms with van der Waals surface area (Å²) in [7, 11) is 0. The fourth-order valence-electron chi connectivity index (χ4n) is 2.14. The Bertz CT molecular complexity index is 403. The maximum atomic E-state index is 13.7. The molecule has 0 saturated carbocycles. The predicted octanol–water partition coefficient (Wildman–Crippen LogP) is 4.14. The monoisotopic (exact) mass is 304 g/mol. The van der Waals surface area contributed by atoms with E-state index < -0.39 is 11.6 Å². The Kier molecular flexibility index (Phi) is 4.15. The van der Waals surface area contributed by atoms with Crippen molar-refractivity contribution in [1.29, 1.82) is 0 Å². The van der Waals surface area contributed by atoms with Crippen LogP contribution in [0.4, 0.5) is 8.78 Å². The van der Waals surface area contributed by atoms with Crippen LogP contribution < -0.4 is 0 Å². The van der Waals surface area contributed by atoms with E-state index in [1.165, 1.54) is 0 Å². The summed E-state index contributed by atoms with van der Waals surface area (Å²) in [5.41, 5.74) is 1.00. The third-order valence-electron chi connectivity index (χ3n) is 3.18. The van der Waals surface area contributed by atoms with Crippen LogP contribution in [0, 0.1) is 24.5 Å². The minimum atomic E-state index is -0.495. The Hall–Kier alpha value is -0.480. The van der Waals surface area contributed by atoms with Crippen LogP contribution >= 0.6 is 15.9 Å². The summed E-state index contributed by atoms with van der Waals surface area (Å²) >= 11 is 3.51. The largest absolute Gasteiger partial charge is 0.381 e. The molecule has 0 spiro atoms. The Balaban J connectivity index is 2.23. The first-order valence-electron chi connectivity index (χ1n) is 5.77. The van der Waals surface area contributed by atoms with Gasteiger partial charge in [0.2, 0.25) is 0 Å². The van der Waals surface area contributed by atoms with Crippen molar-refractivity contribution in [3.8, 4) is 0 Å². The van der Waals surface area contributed by atoms with E-state index in [4.69, 9.17) is 4.74 Å². The van der Waals surface area contributed by atoms with E-state index >= 15 is 0 Å². The molecule has 2 atom stereocenters. The maximum absolute atomic E-state index is 13.7. The van der Waals surface area contributed by atoms with Gasteiger partial charge in [-0.1, -0.05) is 15.9 Å². The molecule has 0 amide bonds. The molecular formula is C13H15BrF2O. The molecule has 0 aromatic heterocycles. The smallest absolute Gasteiger partial charge is 0.130 e. The molecule has 17 heavy (non-hydrogen) atoms. The first-order valence-corrected chi connectivity index (χ1v) is 6.68. The SMILES string of the molecule is Cc1cc(C(Br)C2CCCOC2)c(F)cc1F. The lowest BCUT2D eigenvalue weighted by molar-refractivity contribution is 0.0543. The van der Waals surface area contributed by atoms with Crippen LogP contribution in [0.5, 0.6) is 0 Å². The molecule has 1 aromatic carbocycles. The zero-order valence-electron chi connectivity index (χ0n) is 9.68. The van der Waals surface area contributed by atoms with E-state index in [-0.39, 0.29) is 10.7 Å². The number of ether oxygens (including phenoxy) is 1. The lowest BCUT2D eigenvalue weighted by Gasteiger charge is -2.27. The van der Waals surface area contributed by atoms with Gasteiger partial charge in [0.15, 0.2) is 0 Å². The minimum Gasteiger partial charge on any atom is -0.381 e. The van der Waals surface area contributed by atoms with Crippen LogP contribution in [0.2, 0.25) is 0 Å². The van der Waals surface area contributed by atoms with Crippen molar-refractivity contribution in [3.05, 3.63) is 34.9 Å². The molecule has 1 aromatic rings. The van der Waals surface area contributed by atoms with Crippen LogP contribution in [0.25, 0.3) is 0 Å². The van der Waals surface area contributed by atoms with Crippen molar-refractivity contribution < 1.29 is 13.5 Å². The molecule has 4 heteroatoms. The molecule has 1 fully saturated rings. The minimum absolute atomic E-state index is 0.109. The highest BCUT2D eigenvalue weighted by atomic mass is 79.9. The molecule has 1 aliphatic rings. The average Bonchev–Trinajstić information content (AvgIpc) is 2.34.